The molecule has 5 rings (SSSR count). The number of nitrogens with one attached hydrogen (secondary N) is 4. The van der Waals surface area contributed by atoms with Crippen molar-refractivity contribution >= 4 is 80.9 Å². The van der Waals surface area contributed by atoms with Crippen LogP contribution in [0.2, 0.25) is 0 Å². The summed E-state index contributed by atoms with van der Waals surface area (Å²) in [6, 6.07) is 1.86. The maximum atomic E-state index is 13.8. The first-order valence-electron chi connectivity index (χ1n) is 19.1. The zero-order valence-electron chi connectivity index (χ0n) is 33.6. The van der Waals surface area contributed by atoms with Crippen LogP contribution in [0.4, 0.5) is 0 Å². The minimum absolute atomic E-state index is 0.0303. The second-order valence-corrected chi connectivity index (χ2v) is 14.8. The molecule has 0 saturated heterocycles. The first-order valence-corrected chi connectivity index (χ1v) is 19.1. The highest BCUT2D eigenvalue weighted by molar-refractivity contribution is 6.24. The molecule has 9 N–H and O–H groups in total. The molecule has 0 fully saturated rings. The summed E-state index contributed by atoms with van der Waals surface area (Å²) in [5.41, 5.74) is 6.89. The van der Waals surface area contributed by atoms with Crippen molar-refractivity contribution in [2.24, 2.45) is 0 Å². The molecule has 8 bridgehead atoms. The Morgan fingerprint density at radius 1 is 0.783 bits per heavy atom. The lowest BCUT2D eigenvalue weighted by Crippen LogP contribution is -2.43. The van der Waals surface area contributed by atoms with E-state index in [0.717, 1.165) is 33.3 Å². The number of carboxylic acids is 5. The van der Waals surface area contributed by atoms with Crippen LogP contribution in [0.15, 0.2) is 24.8 Å². The summed E-state index contributed by atoms with van der Waals surface area (Å²) >= 11 is 0. The number of carboxylic acid groups (broad SMARTS) is 5. The highest BCUT2D eigenvalue weighted by Crippen LogP contribution is 2.44. The number of H-pyrrole nitrogens is 2. The molecule has 18 heteroatoms. The lowest BCUT2D eigenvalue weighted by atomic mass is 9.84. The third-order valence-corrected chi connectivity index (χ3v) is 11.0. The number of fused-ring (bicyclic) bond motifs is 8. The molecule has 0 saturated carbocycles. The molecule has 0 aliphatic carbocycles. The molecule has 0 spiro atoms. The van der Waals surface area contributed by atoms with Gasteiger partial charge in [-0.1, -0.05) is 26.5 Å². The molecule has 2 aliphatic rings. The standard InChI is InChI=1S/C42H46N6O12/c1-7-21-17(3)25-12-27-19(5)23(9-10-33(49)45-31(40(55)56)15-35(51)52)38(47-27)24(11-34(50)46-32(41(57)58)16-36(53)54)39-37(42(59)60)20(6)28(48-39)14-30-22(8-2)18(4)26(44-30)13-29(21)43-25/h7,12-14,19,23,31-32,43-44H,1,8-11,15-16H2,2-6H3,(H,45,49)(H,46,50)(H,51,52)(H,53,54)(H,55,56)(H,57,58)(H,59,60)/t19-,23-,31-,32-/m0/s1. The van der Waals surface area contributed by atoms with Gasteiger partial charge < -0.3 is 46.1 Å². The number of hydrogen-bond acceptors (Lipinski definition) is 9. The predicted octanol–water partition coefficient (Wildman–Crippen LogP) is 4.45. The van der Waals surface area contributed by atoms with Gasteiger partial charge in [-0.05, 0) is 74.1 Å². The molecule has 316 valence electrons. The molecule has 0 aromatic carbocycles. The number of aliphatic carboxylic acids is 5. The van der Waals surface area contributed by atoms with Crippen molar-refractivity contribution in [3.05, 3.63) is 75.4 Å². The zero-order valence-corrected chi connectivity index (χ0v) is 33.6. The van der Waals surface area contributed by atoms with E-state index in [1.807, 2.05) is 26.8 Å². The van der Waals surface area contributed by atoms with Gasteiger partial charge in [0.05, 0.1) is 41.9 Å². The Morgan fingerprint density at radius 3 is 1.92 bits per heavy atom. The van der Waals surface area contributed by atoms with Crippen LogP contribution in [-0.2, 0) is 46.4 Å². The minimum Gasteiger partial charge on any atom is -0.481 e. The van der Waals surface area contributed by atoms with E-state index in [1.165, 1.54) is 0 Å². The lowest BCUT2D eigenvalue weighted by Gasteiger charge is -2.20. The van der Waals surface area contributed by atoms with Crippen molar-refractivity contribution in [2.45, 2.75) is 97.1 Å². The normalized spacial score (nSPS) is 15.8. The molecule has 3 aromatic heterocycles. The maximum absolute atomic E-state index is 13.8. The summed E-state index contributed by atoms with van der Waals surface area (Å²) < 4.78 is 0. The molecule has 5 heterocycles. The second kappa shape index (κ2) is 17.8. The topological polar surface area (TPSA) is 302 Å². The SMILES string of the molecule is C=Cc1c(C)c2cc3nc(c(CC(=O)N[C@@H](CC(=O)O)C(=O)O)c4nc(cc5[nH]c(cc1[nH]2)c(C)c5CC)C(C)=C4C(=O)O)[C@@H](CCC(=O)N[C@@H](CC(=O)O)C(=O)O)[C@@H]3C. The number of hydrogen-bond donors (Lipinski definition) is 9. The molecule has 2 amide bonds. The number of aromatic amines is 2. The number of aryl methyl sites for hydroxylation is 3. The van der Waals surface area contributed by atoms with Crippen LogP contribution >= 0.6 is 0 Å². The quantitative estimate of drug-likeness (QED) is 0.0964. The van der Waals surface area contributed by atoms with E-state index < -0.39 is 84.8 Å². The Morgan fingerprint density at radius 2 is 1.37 bits per heavy atom. The Balaban J connectivity index is 1.87. The van der Waals surface area contributed by atoms with Crippen LogP contribution < -0.4 is 10.6 Å². The number of aromatic nitrogens is 4. The molecule has 4 atom stereocenters. The van der Waals surface area contributed by atoms with Crippen LogP contribution in [0.25, 0.3) is 39.3 Å². The minimum atomic E-state index is -1.84. The van der Waals surface area contributed by atoms with Gasteiger partial charge >= 0.3 is 29.8 Å². The number of amides is 2. The summed E-state index contributed by atoms with van der Waals surface area (Å²) in [4.78, 5) is 103. The van der Waals surface area contributed by atoms with Crippen molar-refractivity contribution in [1.29, 1.82) is 0 Å². The van der Waals surface area contributed by atoms with Crippen LogP contribution in [0.1, 0.15) is 109 Å². The van der Waals surface area contributed by atoms with Gasteiger partial charge in [0.15, 0.2) is 0 Å². The van der Waals surface area contributed by atoms with E-state index in [2.05, 4.69) is 27.2 Å². The summed E-state index contributed by atoms with van der Waals surface area (Å²) in [7, 11) is 0. The fourth-order valence-corrected chi connectivity index (χ4v) is 7.80. The molecule has 60 heavy (non-hydrogen) atoms. The van der Waals surface area contributed by atoms with Crippen molar-refractivity contribution in [3.8, 4) is 0 Å². The average molecular weight is 827 g/mol. The Kier molecular flexibility index (Phi) is 13.1. The van der Waals surface area contributed by atoms with E-state index >= 15 is 0 Å². The van der Waals surface area contributed by atoms with E-state index in [0.29, 0.717) is 23.1 Å². The molecule has 3 aromatic rings. The molecular formula is C42H46N6O12. The van der Waals surface area contributed by atoms with E-state index in [4.69, 9.17) is 9.97 Å². The number of carbonyl (C=O) groups excluding carboxylic acids is 2. The summed E-state index contributed by atoms with van der Waals surface area (Å²) in [5, 5.41) is 52.9. The van der Waals surface area contributed by atoms with Crippen molar-refractivity contribution in [1.82, 2.24) is 30.6 Å². The zero-order chi connectivity index (χ0) is 44.3. The van der Waals surface area contributed by atoms with Crippen LogP contribution in [0.5, 0.6) is 0 Å². The van der Waals surface area contributed by atoms with Gasteiger partial charge in [-0.15, -0.1) is 0 Å². The third-order valence-electron chi connectivity index (χ3n) is 11.0. The number of nitrogens with zero attached hydrogens (tertiary/aromatic N) is 2. The lowest BCUT2D eigenvalue weighted by molar-refractivity contribution is -0.147. The summed E-state index contributed by atoms with van der Waals surface area (Å²) in [5.74, 6) is -10.6. The molecule has 18 nitrogen and oxygen atoms in total. The van der Waals surface area contributed by atoms with Gasteiger partial charge in [0.2, 0.25) is 11.8 Å². The van der Waals surface area contributed by atoms with Crippen LogP contribution in [0, 0.1) is 13.8 Å². The maximum Gasteiger partial charge on any atom is 0.338 e. The van der Waals surface area contributed by atoms with E-state index in [1.54, 1.807) is 32.1 Å². The monoisotopic (exact) mass is 826 g/mol. The first-order chi connectivity index (χ1) is 28.2. The van der Waals surface area contributed by atoms with Gasteiger partial charge in [0, 0.05) is 57.1 Å². The summed E-state index contributed by atoms with van der Waals surface area (Å²) in [6.07, 6.45) is -0.640. The van der Waals surface area contributed by atoms with Crippen molar-refractivity contribution in [3.63, 3.8) is 0 Å². The summed E-state index contributed by atoms with van der Waals surface area (Å²) in [6.45, 7) is 13.2. The smallest absolute Gasteiger partial charge is 0.338 e. The largest absolute Gasteiger partial charge is 0.481 e. The predicted molar refractivity (Wildman–Crippen MR) is 218 cm³/mol. The Bertz CT molecular complexity index is 2550. The second-order valence-electron chi connectivity index (χ2n) is 14.8. The van der Waals surface area contributed by atoms with E-state index in [9.17, 15) is 59.1 Å². The number of allylic oxidation sites excluding steroid dienone is 1. The van der Waals surface area contributed by atoms with Crippen LogP contribution in [0.3, 0.4) is 0 Å². The fourth-order valence-electron chi connectivity index (χ4n) is 7.80. The van der Waals surface area contributed by atoms with E-state index in [-0.39, 0.29) is 46.6 Å². The average Bonchev–Trinajstić information content (AvgIpc) is 3.84. The van der Waals surface area contributed by atoms with Gasteiger partial charge in [0.1, 0.15) is 12.1 Å². The van der Waals surface area contributed by atoms with Crippen molar-refractivity contribution < 1.29 is 59.1 Å². The highest BCUT2D eigenvalue weighted by atomic mass is 16.4. The van der Waals surface area contributed by atoms with Gasteiger partial charge in [0.25, 0.3) is 0 Å². The molecular weight excluding hydrogens is 780 g/mol. The molecule has 2 aliphatic heterocycles. The van der Waals surface area contributed by atoms with Crippen LogP contribution in [-0.4, -0.2) is 99.2 Å². The highest BCUT2D eigenvalue weighted by Gasteiger charge is 2.36. The third kappa shape index (κ3) is 9.11. The molecule has 0 radical (unpaired) electrons. The van der Waals surface area contributed by atoms with Gasteiger partial charge in [-0.3, -0.25) is 24.2 Å². The number of rotatable bonds is 16. The van der Waals surface area contributed by atoms with Crippen molar-refractivity contribution in [2.75, 3.05) is 0 Å². The molecule has 0 unspecified atom stereocenters. The fraction of sp³-hybridized carbons (Fsp3) is 0.357. The number of carbonyl (C=O) groups is 7. The Hall–Kier alpha value is -7.11. The first kappa shape index (κ1) is 44.0. The van der Waals surface area contributed by atoms with Gasteiger partial charge in [-0.25, -0.2) is 19.4 Å². The van der Waals surface area contributed by atoms with Gasteiger partial charge in [-0.2, -0.15) is 0 Å². The Labute approximate surface area is 342 Å².